The SMILES string of the molecule is COc1ccc(CN(C(=O)CCC(=O)c2ccccc2)C2CC2)cc1. The summed E-state index contributed by atoms with van der Waals surface area (Å²) < 4.78 is 5.17. The van der Waals surface area contributed by atoms with Crippen molar-refractivity contribution in [1.29, 1.82) is 0 Å². The van der Waals surface area contributed by atoms with Gasteiger partial charge in [-0.3, -0.25) is 9.59 Å². The Bertz CT molecular complexity index is 721. The van der Waals surface area contributed by atoms with E-state index in [1.165, 1.54) is 0 Å². The van der Waals surface area contributed by atoms with E-state index in [1.807, 2.05) is 47.4 Å². The molecule has 0 saturated heterocycles. The van der Waals surface area contributed by atoms with Gasteiger partial charge in [-0.1, -0.05) is 42.5 Å². The third-order valence-electron chi connectivity index (χ3n) is 4.48. The highest BCUT2D eigenvalue weighted by atomic mass is 16.5. The summed E-state index contributed by atoms with van der Waals surface area (Å²) in [6, 6.07) is 17.3. The fourth-order valence-corrected chi connectivity index (χ4v) is 2.87. The lowest BCUT2D eigenvalue weighted by Crippen LogP contribution is -2.32. The van der Waals surface area contributed by atoms with Gasteiger partial charge < -0.3 is 9.64 Å². The Morgan fingerprint density at radius 3 is 2.28 bits per heavy atom. The molecule has 4 nitrogen and oxygen atoms in total. The van der Waals surface area contributed by atoms with Crippen LogP contribution < -0.4 is 4.74 Å². The Kier molecular flexibility index (Phi) is 5.49. The summed E-state index contributed by atoms with van der Waals surface area (Å²) in [5, 5.41) is 0. The largest absolute Gasteiger partial charge is 0.497 e. The average molecular weight is 337 g/mol. The molecule has 1 saturated carbocycles. The van der Waals surface area contributed by atoms with Gasteiger partial charge in [0.15, 0.2) is 5.78 Å². The highest BCUT2D eigenvalue weighted by molar-refractivity contribution is 5.97. The number of hydrogen-bond acceptors (Lipinski definition) is 3. The van der Waals surface area contributed by atoms with Gasteiger partial charge in [-0.25, -0.2) is 0 Å². The molecule has 3 rings (SSSR count). The van der Waals surface area contributed by atoms with Gasteiger partial charge in [-0.05, 0) is 30.5 Å². The van der Waals surface area contributed by atoms with Crippen LogP contribution >= 0.6 is 0 Å². The zero-order valence-electron chi connectivity index (χ0n) is 14.5. The van der Waals surface area contributed by atoms with Gasteiger partial charge in [-0.2, -0.15) is 0 Å². The zero-order valence-corrected chi connectivity index (χ0v) is 14.5. The van der Waals surface area contributed by atoms with Crippen LogP contribution in [0.2, 0.25) is 0 Å². The van der Waals surface area contributed by atoms with Crippen LogP contribution in [0.4, 0.5) is 0 Å². The number of methoxy groups -OCH3 is 1. The number of carbonyl (C=O) groups excluding carboxylic acids is 2. The first-order valence-corrected chi connectivity index (χ1v) is 8.68. The Morgan fingerprint density at radius 1 is 1.00 bits per heavy atom. The monoisotopic (exact) mass is 337 g/mol. The topological polar surface area (TPSA) is 46.6 Å². The molecule has 0 spiro atoms. The van der Waals surface area contributed by atoms with E-state index in [2.05, 4.69) is 0 Å². The van der Waals surface area contributed by atoms with Crippen molar-refractivity contribution in [3.63, 3.8) is 0 Å². The standard InChI is InChI=1S/C21H23NO3/c1-25-19-11-7-16(8-12-19)15-22(18-9-10-18)21(24)14-13-20(23)17-5-3-2-4-6-17/h2-8,11-12,18H,9-10,13-15H2,1H3. The van der Waals surface area contributed by atoms with Crippen LogP contribution in [-0.4, -0.2) is 29.7 Å². The van der Waals surface area contributed by atoms with E-state index in [0.717, 1.165) is 24.2 Å². The van der Waals surface area contributed by atoms with Crippen LogP contribution in [0.25, 0.3) is 0 Å². The molecule has 0 aromatic heterocycles. The molecule has 0 atom stereocenters. The first-order valence-electron chi connectivity index (χ1n) is 8.68. The second-order valence-electron chi connectivity index (χ2n) is 6.39. The Morgan fingerprint density at radius 2 is 1.68 bits per heavy atom. The number of benzene rings is 2. The van der Waals surface area contributed by atoms with Gasteiger partial charge in [0.25, 0.3) is 0 Å². The minimum absolute atomic E-state index is 0.0224. The van der Waals surface area contributed by atoms with Crippen LogP contribution in [0.3, 0.4) is 0 Å². The first-order chi connectivity index (χ1) is 12.2. The molecule has 1 amide bonds. The summed E-state index contributed by atoms with van der Waals surface area (Å²) in [6.45, 7) is 0.590. The molecule has 0 aliphatic heterocycles. The molecular weight excluding hydrogens is 314 g/mol. The number of Topliss-reactive ketones (excluding diaryl/α,β-unsaturated/α-hetero) is 1. The van der Waals surface area contributed by atoms with Gasteiger partial charge in [-0.15, -0.1) is 0 Å². The van der Waals surface area contributed by atoms with Crippen molar-refractivity contribution in [2.24, 2.45) is 0 Å². The number of carbonyl (C=O) groups is 2. The lowest BCUT2D eigenvalue weighted by atomic mass is 10.1. The smallest absolute Gasteiger partial charge is 0.223 e. The number of ether oxygens (including phenoxy) is 1. The minimum atomic E-state index is 0.0224. The zero-order chi connectivity index (χ0) is 17.6. The maximum absolute atomic E-state index is 12.6. The maximum Gasteiger partial charge on any atom is 0.223 e. The van der Waals surface area contributed by atoms with Gasteiger partial charge in [0.2, 0.25) is 5.91 Å². The molecule has 4 heteroatoms. The second kappa shape index (κ2) is 7.97. The molecule has 0 heterocycles. The van der Waals surface area contributed by atoms with Gasteiger partial charge in [0, 0.05) is 31.0 Å². The minimum Gasteiger partial charge on any atom is -0.497 e. The Hall–Kier alpha value is -2.62. The van der Waals surface area contributed by atoms with E-state index < -0.39 is 0 Å². The van der Waals surface area contributed by atoms with Crippen molar-refractivity contribution in [2.75, 3.05) is 7.11 Å². The molecule has 2 aromatic carbocycles. The summed E-state index contributed by atoms with van der Waals surface area (Å²) >= 11 is 0. The summed E-state index contributed by atoms with van der Waals surface area (Å²) in [7, 11) is 1.64. The third-order valence-corrected chi connectivity index (χ3v) is 4.48. The predicted octanol–water partition coefficient (Wildman–Crippen LogP) is 3.85. The molecule has 25 heavy (non-hydrogen) atoms. The molecule has 1 aliphatic carbocycles. The molecule has 0 unspecified atom stereocenters. The summed E-state index contributed by atoms with van der Waals surface area (Å²) in [5.41, 5.74) is 1.75. The van der Waals surface area contributed by atoms with E-state index in [0.29, 0.717) is 18.2 Å². The van der Waals surface area contributed by atoms with E-state index in [-0.39, 0.29) is 24.5 Å². The lowest BCUT2D eigenvalue weighted by molar-refractivity contribution is -0.132. The summed E-state index contributed by atoms with van der Waals surface area (Å²) in [6.07, 6.45) is 2.62. The average Bonchev–Trinajstić information content (AvgIpc) is 3.50. The highest BCUT2D eigenvalue weighted by Gasteiger charge is 2.32. The lowest BCUT2D eigenvalue weighted by Gasteiger charge is -2.22. The number of hydrogen-bond donors (Lipinski definition) is 0. The maximum atomic E-state index is 12.6. The molecular formula is C21H23NO3. The summed E-state index contributed by atoms with van der Waals surface area (Å²) in [5.74, 6) is 0.887. The van der Waals surface area contributed by atoms with Crippen LogP contribution in [-0.2, 0) is 11.3 Å². The van der Waals surface area contributed by atoms with E-state index >= 15 is 0 Å². The third kappa shape index (κ3) is 4.69. The van der Waals surface area contributed by atoms with Crippen molar-refractivity contribution in [2.45, 2.75) is 38.3 Å². The van der Waals surface area contributed by atoms with Crippen molar-refractivity contribution in [3.8, 4) is 5.75 Å². The second-order valence-corrected chi connectivity index (χ2v) is 6.39. The van der Waals surface area contributed by atoms with Gasteiger partial charge in [0.05, 0.1) is 7.11 Å². The quantitative estimate of drug-likeness (QED) is 0.687. The van der Waals surface area contributed by atoms with Crippen LogP contribution in [0.15, 0.2) is 54.6 Å². The summed E-state index contributed by atoms with van der Waals surface area (Å²) in [4.78, 5) is 26.8. The van der Waals surface area contributed by atoms with Crippen LogP contribution in [0.5, 0.6) is 5.75 Å². The molecule has 1 aliphatic rings. The van der Waals surface area contributed by atoms with E-state index in [4.69, 9.17) is 4.74 Å². The van der Waals surface area contributed by atoms with Crippen molar-refractivity contribution >= 4 is 11.7 Å². The molecule has 0 bridgehead atoms. The first kappa shape index (κ1) is 17.2. The number of ketones is 1. The molecule has 130 valence electrons. The van der Waals surface area contributed by atoms with Crippen molar-refractivity contribution < 1.29 is 14.3 Å². The Labute approximate surface area is 148 Å². The van der Waals surface area contributed by atoms with Crippen molar-refractivity contribution in [3.05, 3.63) is 65.7 Å². The number of amides is 1. The normalized spacial score (nSPS) is 13.3. The van der Waals surface area contributed by atoms with E-state index in [9.17, 15) is 9.59 Å². The number of rotatable bonds is 8. The number of nitrogens with zero attached hydrogens (tertiary/aromatic N) is 1. The Balaban J connectivity index is 1.58. The molecule has 1 fully saturated rings. The molecule has 0 N–H and O–H groups in total. The fourth-order valence-electron chi connectivity index (χ4n) is 2.87. The van der Waals surface area contributed by atoms with Crippen molar-refractivity contribution in [1.82, 2.24) is 4.90 Å². The van der Waals surface area contributed by atoms with Crippen LogP contribution in [0.1, 0.15) is 41.6 Å². The van der Waals surface area contributed by atoms with Gasteiger partial charge in [0.1, 0.15) is 5.75 Å². The van der Waals surface area contributed by atoms with Crippen LogP contribution in [0, 0.1) is 0 Å². The van der Waals surface area contributed by atoms with Gasteiger partial charge >= 0.3 is 0 Å². The predicted molar refractivity (Wildman–Crippen MR) is 96.6 cm³/mol. The van der Waals surface area contributed by atoms with E-state index in [1.54, 1.807) is 19.2 Å². The highest BCUT2D eigenvalue weighted by Crippen LogP contribution is 2.29. The fraction of sp³-hybridized carbons (Fsp3) is 0.333. The molecule has 2 aromatic rings. The molecule has 0 radical (unpaired) electrons.